The highest BCUT2D eigenvalue weighted by atomic mass is 15.0. The molecule has 0 atom stereocenters. The fourth-order valence-corrected chi connectivity index (χ4v) is 9.30. The van der Waals surface area contributed by atoms with Gasteiger partial charge in [0.25, 0.3) is 0 Å². The summed E-state index contributed by atoms with van der Waals surface area (Å²) in [5, 5.41) is 10.2. The first-order valence-corrected chi connectivity index (χ1v) is 18.0. The molecule has 0 radical (unpaired) electrons. The van der Waals surface area contributed by atoms with Crippen LogP contribution in [-0.4, -0.2) is 9.13 Å². The van der Waals surface area contributed by atoms with E-state index in [0.717, 1.165) is 5.69 Å². The van der Waals surface area contributed by atoms with Gasteiger partial charge in [-0.15, -0.1) is 0 Å². The van der Waals surface area contributed by atoms with Crippen molar-refractivity contribution >= 4 is 65.2 Å². The smallest absolute Gasteiger partial charge is 0.0641 e. The number of nitrogens with zero attached hydrogens (tertiary/aromatic N) is 2. The Labute approximate surface area is 300 Å². The topological polar surface area (TPSA) is 9.86 Å². The van der Waals surface area contributed by atoms with Crippen LogP contribution in [0.2, 0.25) is 0 Å². The molecule has 0 unspecified atom stereocenters. The van der Waals surface area contributed by atoms with Crippen LogP contribution < -0.4 is 0 Å². The molecule has 0 amide bonds. The molecule has 0 bridgehead atoms. The third kappa shape index (κ3) is 3.63. The Kier molecular flexibility index (Phi) is 5.53. The quantitative estimate of drug-likeness (QED) is 0.179. The van der Waals surface area contributed by atoms with E-state index in [1.165, 1.54) is 104 Å². The average molecular weight is 659 g/mol. The minimum absolute atomic E-state index is 1.16. The zero-order valence-electron chi connectivity index (χ0n) is 28.2. The third-order valence-corrected chi connectivity index (χ3v) is 11.4. The summed E-state index contributed by atoms with van der Waals surface area (Å²) in [6, 6.07) is 67.2. The summed E-state index contributed by atoms with van der Waals surface area (Å²) in [7, 11) is 0. The monoisotopic (exact) mass is 658 g/mol. The lowest BCUT2D eigenvalue weighted by molar-refractivity contribution is 1.18. The molecule has 0 saturated heterocycles. The molecule has 0 aliphatic heterocycles. The summed E-state index contributed by atoms with van der Waals surface area (Å²) < 4.78 is 5.03. The van der Waals surface area contributed by atoms with Crippen LogP contribution in [0, 0.1) is 0 Å². The minimum Gasteiger partial charge on any atom is -0.309 e. The first kappa shape index (κ1) is 27.9. The Hall–Kier alpha value is -6.90. The van der Waals surface area contributed by atoms with Crippen LogP contribution in [0.3, 0.4) is 0 Å². The van der Waals surface area contributed by atoms with Crippen molar-refractivity contribution in [2.75, 3.05) is 0 Å². The minimum atomic E-state index is 1.16. The molecule has 0 saturated carbocycles. The molecule has 2 aromatic heterocycles. The fourth-order valence-electron chi connectivity index (χ4n) is 9.30. The molecule has 2 nitrogen and oxygen atoms in total. The highest BCUT2D eigenvalue weighted by molar-refractivity contribution is 6.30. The lowest BCUT2D eigenvalue weighted by Crippen LogP contribution is -1.97. The SMILES string of the molecule is c1ccc(-c2cccc(-n3c4ccc5ccccc5c4c4ccc5c(c6ccccc6n5-c5ccc6c7c(cccc57)-c5ccccc5-6)c43)c2)cc1. The molecule has 12 rings (SSSR count). The first-order chi connectivity index (χ1) is 25.8. The molecule has 0 fully saturated rings. The van der Waals surface area contributed by atoms with Crippen molar-refractivity contribution in [1.29, 1.82) is 0 Å². The van der Waals surface area contributed by atoms with Crippen molar-refractivity contribution in [2.45, 2.75) is 0 Å². The van der Waals surface area contributed by atoms with E-state index in [9.17, 15) is 0 Å². The highest BCUT2D eigenvalue weighted by Crippen LogP contribution is 2.50. The van der Waals surface area contributed by atoms with Gasteiger partial charge < -0.3 is 9.13 Å². The highest BCUT2D eigenvalue weighted by Gasteiger charge is 2.26. The normalized spacial score (nSPS) is 12.2. The number of hydrogen-bond donors (Lipinski definition) is 0. The molecule has 240 valence electrons. The second-order valence-corrected chi connectivity index (χ2v) is 14.0. The van der Waals surface area contributed by atoms with E-state index >= 15 is 0 Å². The summed E-state index contributed by atoms with van der Waals surface area (Å²) in [5.41, 5.74) is 14.9. The predicted molar refractivity (Wildman–Crippen MR) is 220 cm³/mol. The molecule has 2 heteroatoms. The number of aromatic nitrogens is 2. The lowest BCUT2D eigenvalue weighted by atomic mass is 10.0. The first-order valence-electron chi connectivity index (χ1n) is 18.0. The number of benzene rings is 9. The van der Waals surface area contributed by atoms with Gasteiger partial charge in [-0.05, 0) is 85.9 Å². The summed E-state index contributed by atoms with van der Waals surface area (Å²) in [4.78, 5) is 0. The van der Waals surface area contributed by atoms with Gasteiger partial charge in [0, 0.05) is 32.6 Å². The molecule has 1 aliphatic carbocycles. The van der Waals surface area contributed by atoms with Gasteiger partial charge in [0.05, 0.1) is 27.8 Å². The van der Waals surface area contributed by atoms with E-state index in [1.54, 1.807) is 0 Å². The molecule has 52 heavy (non-hydrogen) atoms. The molecule has 1 aliphatic rings. The van der Waals surface area contributed by atoms with Crippen molar-refractivity contribution in [3.8, 4) is 44.8 Å². The van der Waals surface area contributed by atoms with E-state index in [1.807, 2.05) is 0 Å². The van der Waals surface area contributed by atoms with Gasteiger partial charge in [-0.25, -0.2) is 0 Å². The summed E-state index contributed by atoms with van der Waals surface area (Å²) in [5.74, 6) is 0. The van der Waals surface area contributed by atoms with Gasteiger partial charge >= 0.3 is 0 Å². The standard InChI is InChI=1S/C50H30N2/c1-2-12-31(13-3-1)33-15-10-16-34(30-33)51-45-27-24-32-14-4-5-17-35(32)48(45)42-26-29-46-49(50(42)51)41-20-8-9-23-43(41)52(46)44-28-25-39-37-19-7-6-18-36(37)38-21-11-22-40(44)47(38)39/h1-30H. The molecular weight excluding hydrogens is 629 g/mol. The summed E-state index contributed by atoms with van der Waals surface area (Å²) in [6.45, 7) is 0. The average Bonchev–Trinajstić information content (AvgIpc) is 3.85. The van der Waals surface area contributed by atoms with Crippen molar-refractivity contribution < 1.29 is 0 Å². The van der Waals surface area contributed by atoms with Crippen LogP contribution in [0.4, 0.5) is 0 Å². The van der Waals surface area contributed by atoms with E-state index in [4.69, 9.17) is 0 Å². The molecule has 0 spiro atoms. The Morgan fingerprint density at radius 3 is 1.85 bits per heavy atom. The maximum Gasteiger partial charge on any atom is 0.0641 e. The summed E-state index contributed by atoms with van der Waals surface area (Å²) in [6.07, 6.45) is 0. The van der Waals surface area contributed by atoms with Crippen LogP contribution in [0.15, 0.2) is 182 Å². The molecule has 9 aromatic carbocycles. The zero-order chi connectivity index (χ0) is 33.9. The molecule has 2 heterocycles. The Bertz CT molecular complexity index is 3260. The van der Waals surface area contributed by atoms with E-state index in [-0.39, 0.29) is 0 Å². The second-order valence-electron chi connectivity index (χ2n) is 14.0. The molecule has 0 N–H and O–H groups in total. The molecule has 11 aromatic rings. The number of fused-ring (bicyclic) bond motifs is 12. The summed E-state index contributed by atoms with van der Waals surface area (Å²) >= 11 is 0. The predicted octanol–water partition coefficient (Wildman–Crippen LogP) is 13.5. The van der Waals surface area contributed by atoms with E-state index < -0.39 is 0 Å². The van der Waals surface area contributed by atoms with Gasteiger partial charge in [0.1, 0.15) is 0 Å². The van der Waals surface area contributed by atoms with E-state index in [0.29, 0.717) is 0 Å². The van der Waals surface area contributed by atoms with Crippen LogP contribution >= 0.6 is 0 Å². The third-order valence-electron chi connectivity index (χ3n) is 11.4. The van der Waals surface area contributed by atoms with Crippen molar-refractivity contribution in [3.05, 3.63) is 182 Å². The maximum atomic E-state index is 2.52. The van der Waals surface area contributed by atoms with Crippen LogP contribution in [0.25, 0.3) is 110 Å². The van der Waals surface area contributed by atoms with Gasteiger partial charge in [0.2, 0.25) is 0 Å². The largest absolute Gasteiger partial charge is 0.309 e. The van der Waals surface area contributed by atoms with Gasteiger partial charge in [-0.1, -0.05) is 146 Å². The van der Waals surface area contributed by atoms with Crippen LogP contribution in [-0.2, 0) is 0 Å². The number of para-hydroxylation sites is 1. The molecular formula is C50H30N2. The van der Waals surface area contributed by atoms with Crippen LogP contribution in [0.1, 0.15) is 0 Å². The van der Waals surface area contributed by atoms with E-state index in [2.05, 4.69) is 191 Å². The Morgan fingerprint density at radius 1 is 0.308 bits per heavy atom. The van der Waals surface area contributed by atoms with Gasteiger partial charge in [-0.3, -0.25) is 0 Å². The lowest BCUT2D eigenvalue weighted by Gasteiger charge is -2.14. The van der Waals surface area contributed by atoms with Crippen molar-refractivity contribution in [1.82, 2.24) is 9.13 Å². The van der Waals surface area contributed by atoms with Crippen LogP contribution in [0.5, 0.6) is 0 Å². The van der Waals surface area contributed by atoms with Gasteiger partial charge in [0.15, 0.2) is 0 Å². The maximum absolute atomic E-state index is 2.52. The number of hydrogen-bond acceptors (Lipinski definition) is 0. The van der Waals surface area contributed by atoms with Crippen molar-refractivity contribution in [3.63, 3.8) is 0 Å². The number of rotatable bonds is 3. The van der Waals surface area contributed by atoms with Gasteiger partial charge in [-0.2, -0.15) is 0 Å². The Morgan fingerprint density at radius 2 is 0.962 bits per heavy atom. The van der Waals surface area contributed by atoms with Crippen molar-refractivity contribution in [2.24, 2.45) is 0 Å². The fraction of sp³-hybridized carbons (Fsp3) is 0. The second kappa shape index (κ2) is 10.3. The zero-order valence-corrected chi connectivity index (χ0v) is 28.2. The Balaban J connectivity index is 1.24.